The number of phenols is 1. The van der Waals surface area contributed by atoms with E-state index in [0.717, 1.165) is 0 Å². The molecule has 0 aromatic heterocycles. The molecule has 0 bridgehead atoms. The molecule has 7 heteroatoms. The monoisotopic (exact) mass is 327 g/mol. The van der Waals surface area contributed by atoms with Crippen molar-refractivity contribution >= 4 is 28.9 Å². The van der Waals surface area contributed by atoms with Gasteiger partial charge in [-0.25, -0.2) is 5.90 Å². The predicted octanol–water partition coefficient (Wildman–Crippen LogP) is 3.72. The number of nitroso groups, excluding NO2 is 1. The van der Waals surface area contributed by atoms with E-state index in [2.05, 4.69) is 0 Å². The van der Waals surface area contributed by atoms with E-state index in [1.165, 1.54) is 19.2 Å². The minimum Gasteiger partial charge on any atom is -0.508 e. The first-order chi connectivity index (χ1) is 9.93. The van der Waals surface area contributed by atoms with Gasteiger partial charge >= 0.3 is 0 Å². The van der Waals surface area contributed by atoms with E-state index in [1.54, 1.807) is 24.3 Å². The number of rotatable bonds is 4. The molecule has 0 aliphatic heterocycles. The number of hydrogen-bond acceptors (Lipinski definition) is 4. The summed E-state index contributed by atoms with van der Waals surface area (Å²) in [6.45, 7) is 0. The Morgan fingerprint density at radius 2 is 1.90 bits per heavy atom. The first-order valence-electron chi connectivity index (χ1n) is 5.98. The van der Waals surface area contributed by atoms with Crippen LogP contribution in [0.4, 0.5) is 5.69 Å². The highest BCUT2D eigenvalue weighted by Gasteiger charge is 2.22. The van der Waals surface area contributed by atoms with Crippen molar-refractivity contribution in [2.24, 2.45) is 5.90 Å². The van der Waals surface area contributed by atoms with E-state index in [1.807, 2.05) is 0 Å². The third kappa shape index (κ3) is 3.33. The third-order valence-corrected chi connectivity index (χ3v) is 3.60. The van der Waals surface area contributed by atoms with E-state index >= 15 is 0 Å². The molecule has 0 amide bonds. The van der Waals surface area contributed by atoms with E-state index in [9.17, 15) is 10.0 Å². The quantitative estimate of drug-likeness (QED) is 0.662. The zero-order valence-electron chi connectivity index (χ0n) is 11.1. The highest BCUT2D eigenvalue weighted by atomic mass is 35.5. The molecule has 0 saturated heterocycles. The SMILES string of the molecule is C[N+](=O)c1ccc(C(ON)c2cc(Cl)ccc2O)c(Cl)c1. The molecule has 0 spiro atoms. The molecule has 110 valence electrons. The second kappa shape index (κ2) is 6.41. The number of phenolic OH excluding ortho intramolecular Hbond substituents is 1. The Balaban J connectivity index is 2.51. The molecule has 0 heterocycles. The lowest BCUT2D eigenvalue weighted by Crippen LogP contribution is -2.12. The van der Waals surface area contributed by atoms with Gasteiger partial charge < -0.3 is 5.11 Å². The van der Waals surface area contributed by atoms with Gasteiger partial charge in [0.25, 0.3) is 5.69 Å². The molecular formula is C14H13Cl2N2O3+. The molecule has 0 aliphatic rings. The first kappa shape index (κ1) is 15.7. The summed E-state index contributed by atoms with van der Waals surface area (Å²) in [5, 5.41) is 10.7. The predicted molar refractivity (Wildman–Crippen MR) is 80.9 cm³/mol. The first-order valence-corrected chi connectivity index (χ1v) is 6.74. The van der Waals surface area contributed by atoms with E-state index in [0.29, 0.717) is 31.6 Å². The highest BCUT2D eigenvalue weighted by molar-refractivity contribution is 6.31. The van der Waals surface area contributed by atoms with Gasteiger partial charge in [0, 0.05) is 37.9 Å². The van der Waals surface area contributed by atoms with Crippen LogP contribution in [0.15, 0.2) is 36.4 Å². The van der Waals surface area contributed by atoms with Gasteiger partial charge in [-0.2, -0.15) is 0 Å². The molecule has 5 nitrogen and oxygen atoms in total. The number of benzene rings is 2. The van der Waals surface area contributed by atoms with Crippen LogP contribution < -0.4 is 5.90 Å². The fourth-order valence-corrected chi connectivity index (χ4v) is 2.43. The highest BCUT2D eigenvalue weighted by Crippen LogP contribution is 2.37. The topological polar surface area (TPSA) is 75.6 Å². The van der Waals surface area contributed by atoms with E-state index in [-0.39, 0.29) is 5.75 Å². The Labute approximate surface area is 131 Å². The van der Waals surface area contributed by atoms with Crippen LogP contribution in [-0.2, 0) is 4.84 Å². The summed E-state index contributed by atoms with van der Waals surface area (Å²) in [4.78, 5) is 16.2. The Morgan fingerprint density at radius 3 is 2.48 bits per heavy atom. The number of aromatic hydroxyl groups is 1. The van der Waals surface area contributed by atoms with Gasteiger partial charge in [-0.15, -0.1) is 0 Å². The summed E-state index contributed by atoms with van der Waals surface area (Å²) in [5.74, 6) is 5.32. The molecule has 3 N–H and O–H groups in total. The molecule has 1 atom stereocenters. The summed E-state index contributed by atoms with van der Waals surface area (Å²) in [6, 6.07) is 9.23. The van der Waals surface area contributed by atoms with Crippen LogP contribution in [0.3, 0.4) is 0 Å². The summed E-state index contributed by atoms with van der Waals surface area (Å²) >= 11 is 12.1. The molecular weight excluding hydrogens is 315 g/mol. The maximum Gasteiger partial charge on any atom is 0.257 e. The molecule has 0 saturated carbocycles. The number of hydrogen-bond donors (Lipinski definition) is 2. The smallest absolute Gasteiger partial charge is 0.257 e. The summed E-state index contributed by atoms with van der Waals surface area (Å²) in [7, 11) is 1.37. The normalized spacial score (nSPS) is 12.2. The van der Waals surface area contributed by atoms with Gasteiger partial charge in [-0.05, 0) is 24.3 Å². The standard InChI is InChI=1S/C14H12Cl2N2O3/c1-18(20)9-3-4-10(12(16)7-9)14(21-17)11-6-8(15)2-5-13(11)19/h2-7,14H,17H2,1H3/p+1. The molecule has 0 fully saturated rings. The largest absolute Gasteiger partial charge is 0.508 e. The number of nitrogens with two attached hydrogens (primary N) is 1. The molecule has 2 aromatic rings. The van der Waals surface area contributed by atoms with Crippen molar-refractivity contribution < 1.29 is 14.7 Å². The average molecular weight is 328 g/mol. The molecule has 0 aliphatic carbocycles. The fourth-order valence-electron chi connectivity index (χ4n) is 1.97. The van der Waals surface area contributed by atoms with Crippen LogP contribution in [0.1, 0.15) is 17.2 Å². The minimum absolute atomic E-state index is 0.0177. The van der Waals surface area contributed by atoms with Gasteiger partial charge in [-0.3, -0.25) is 4.84 Å². The summed E-state index contributed by atoms with van der Waals surface area (Å²) in [5.41, 5.74) is 1.30. The van der Waals surface area contributed by atoms with Crippen LogP contribution in [-0.4, -0.2) is 16.9 Å². The Morgan fingerprint density at radius 1 is 1.19 bits per heavy atom. The summed E-state index contributed by atoms with van der Waals surface area (Å²) in [6.07, 6.45) is -0.804. The molecule has 0 radical (unpaired) electrons. The molecule has 21 heavy (non-hydrogen) atoms. The third-order valence-electron chi connectivity index (χ3n) is 3.04. The van der Waals surface area contributed by atoms with Gasteiger partial charge in [0.05, 0.1) is 5.02 Å². The Hall–Kier alpha value is -1.66. The van der Waals surface area contributed by atoms with Crippen molar-refractivity contribution in [2.75, 3.05) is 7.05 Å². The summed E-state index contributed by atoms with van der Waals surface area (Å²) < 4.78 is 0.685. The lowest BCUT2D eigenvalue weighted by atomic mass is 10.00. The van der Waals surface area contributed by atoms with Crippen LogP contribution in [0.2, 0.25) is 10.0 Å². The fraction of sp³-hybridized carbons (Fsp3) is 0.143. The van der Waals surface area contributed by atoms with E-state index < -0.39 is 6.10 Å². The van der Waals surface area contributed by atoms with Crippen LogP contribution in [0.25, 0.3) is 0 Å². The Kier molecular flexibility index (Phi) is 4.80. The Bertz CT molecular complexity index is 692. The molecule has 2 aromatic carbocycles. The average Bonchev–Trinajstić information content (AvgIpc) is 2.44. The maximum absolute atomic E-state index is 11.3. The zero-order valence-corrected chi connectivity index (χ0v) is 12.6. The van der Waals surface area contributed by atoms with Crippen LogP contribution >= 0.6 is 23.2 Å². The number of halogens is 2. The van der Waals surface area contributed by atoms with Gasteiger partial charge in [0.2, 0.25) is 0 Å². The number of nitrogens with zero attached hydrogens (tertiary/aromatic N) is 1. The zero-order chi connectivity index (χ0) is 15.6. The van der Waals surface area contributed by atoms with Crippen LogP contribution in [0, 0.1) is 4.91 Å². The van der Waals surface area contributed by atoms with Crippen molar-refractivity contribution in [3.05, 3.63) is 62.5 Å². The molecule has 2 rings (SSSR count). The molecule has 1 unspecified atom stereocenters. The van der Waals surface area contributed by atoms with Crippen molar-refractivity contribution in [1.82, 2.24) is 0 Å². The van der Waals surface area contributed by atoms with Crippen molar-refractivity contribution in [1.29, 1.82) is 0 Å². The van der Waals surface area contributed by atoms with Crippen molar-refractivity contribution in [2.45, 2.75) is 6.10 Å². The maximum atomic E-state index is 11.3. The van der Waals surface area contributed by atoms with Gasteiger partial charge in [0.15, 0.2) is 7.05 Å². The second-order valence-corrected chi connectivity index (χ2v) is 5.27. The van der Waals surface area contributed by atoms with Gasteiger partial charge in [0.1, 0.15) is 11.9 Å². The van der Waals surface area contributed by atoms with Crippen molar-refractivity contribution in [3.63, 3.8) is 0 Å². The van der Waals surface area contributed by atoms with Crippen molar-refractivity contribution in [3.8, 4) is 5.75 Å². The van der Waals surface area contributed by atoms with Crippen LogP contribution in [0.5, 0.6) is 5.75 Å². The lowest BCUT2D eigenvalue weighted by molar-refractivity contribution is -0.428. The lowest BCUT2D eigenvalue weighted by Gasteiger charge is -2.18. The second-order valence-electron chi connectivity index (χ2n) is 4.42. The van der Waals surface area contributed by atoms with Gasteiger partial charge in [-0.1, -0.05) is 23.2 Å². The van der Waals surface area contributed by atoms with E-state index in [4.69, 9.17) is 33.9 Å². The minimum atomic E-state index is -0.804.